The van der Waals surface area contributed by atoms with Gasteiger partial charge in [-0.3, -0.25) is 9.69 Å². The molecular formula is C23H32N2O4. The maximum absolute atomic E-state index is 12.8. The predicted molar refractivity (Wildman–Crippen MR) is 111 cm³/mol. The number of hydrogen-bond donors (Lipinski definition) is 0. The highest BCUT2D eigenvalue weighted by Crippen LogP contribution is 2.37. The molecule has 158 valence electrons. The second kappa shape index (κ2) is 9.85. The SMILES string of the molecule is O=C(/C=C/CN1CCOCC1)N1CC[C@H](OCc2ccccc2)[C@]2(CCCO2)C1. The number of benzene rings is 1. The number of likely N-dealkylation sites (tertiary alicyclic amines) is 1. The molecule has 3 aliphatic rings. The number of rotatable bonds is 6. The summed E-state index contributed by atoms with van der Waals surface area (Å²) >= 11 is 0. The minimum absolute atomic E-state index is 0.0339. The Morgan fingerprint density at radius 3 is 2.76 bits per heavy atom. The standard InChI is InChI=1S/C23H32N2O4/c26-22(8-4-11-24-13-16-27-17-14-24)25-12-9-21(23(19-25)10-5-15-29-23)28-18-20-6-2-1-3-7-20/h1-4,6-8,21H,5,9-19H2/b8-4+/t21-,23-/m0/s1. The molecule has 0 radical (unpaired) electrons. The maximum Gasteiger partial charge on any atom is 0.246 e. The number of piperidine rings is 1. The summed E-state index contributed by atoms with van der Waals surface area (Å²) in [6, 6.07) is 10.2. The molecule has 0 unspecified atom stereocenters. The van der Waals surface area contributed by atoms with Crippen LogP contribution in [0.2, 0.25) is 0 Å². The molecule has 0 saturated carbocycles. The fraction of sp³-hybridized carbons (Fsp3) is 0.609. The summed E-state index contributed by atoms with van der Waals surface area (Å²) in [7, 11) is 0. The number of ether oxygens (including phenoxy) is 3. The van der Waals surface area contributed by atoms with E-state index in [-0.39, 0.29) is 17.6 Å². The van der Waals surface area contributed by atoms with Crippen molar-refractivity contribution in [2.75, 3.05) is 52.5 Å². The quantitative estimate of drug-likeness (QED) is 0.686. The number of carbonyl (C=O) groups is 1. The van der Waals surface area contributed by atoms with Crippen LogP contribution in [0.5, 0.6) is 0 Å². The zero-order valence-electron chi connectivity index (χ0n) is 17.1. The van der Waals surface area contributed by atoms with Crippen LogP contribution in [0, 0.1) is 0 Å². The number of amides is 1. The molecule has 3 fully saturated rings. The number of nitrogens with zero attached hydrogens (tertiary/aromatic N) is 2. The van der Waals surface area contributed by atoms with Gasteiger partial charge < -0.3 is 19.1 Å². The summed E-state index contributed by atoms with van der Waals surface area (Å²) in [5.74, 6) is 0.0784. The fourth-order valence-electron chi connectivity index (χ4n) is 4.52. The molecule has 0 bridgehead atoms. The Balaban J connectivity index is 1.32. The van der Waals surface area contributed by atoms with E-state index in [9.17, 15) is 4.79 Å². The van der Waals surface area contributed by atoms with Crippen molar-refractivity contribution < 1.29 is 19.0 Å². The van der Waals surface area contributed by atoms with Crippen molar-refractivity contribution in [2.24, 2.45) is 0 Å². The van der Waals surface area contributed by atoms with Crippen molar-refractivity contribution in [3.8, 4) is 0 Å². The van der Waals surface area contributed by atoms with Gasteiger partial charge in [0.05, 0.1) is 32.5 Å². The molecule has 3 aliphatic heterocycles. The second-order valence-corrected chi connectivity index (χ2v) is 8.17. The summed E-state index contributed by atoms with van der Waals surface area (Å²) in [5.41, 5.74) is 0.811. The van der Waals surface area contributed by atoms with Gasteiger partial charge in [0.1, 0.15) is 5.60 Å². The first-order chi connectivity index (χ1) is 14.3. The molecule has 6 nitrogen and oxygen atoms in total. The van der Waals surface area contributed by atoms with Gasteiger partial charge in [-0.1, -0.05) is 36.4 Å². The maximum atomic E-state index is 12.8. The molecular weight excluding hydrogens is 368 g/mol. The Morgan fingerprint density at radius 2 is 2.00 bits per heavy atom. The van der Waals surface area contributed by atoms with Crippen LogP contribution in [-0.2, 0) is 25.6 Å². The molecule has 3 heterocycles. The van der Waals surface area contributed by atoms with E-state index in [1.54, 1.807) is 6.08 Å². The van der Waals surface area contributed by atoms with Crippen molar-refractivity contribution in [1.82, 2.24) is 9.80 Å². The molecule has 3 saturated heterocycles. The Labute approximate surface area is 173 Å². The predicted octanol–water partition coefficient (Wildman–Crippen LogP) is 2.24. The van der Waals surface area contributed by atoms with Gasteiger partial charge in [-0.15, -0.1) is 0 Å². The lowest BCUT2D eigenvalue weighted by Gasteiger charge is -2.45. The van der Waals surface area contributed by atoms with Crippen LogP contribution in [0.3, 0.4) is 0 Å². The van der Waals surface area contributed by atoms with Crippen LogP contribution in [0.4, 0.5) is 0 Å². The van der Waals surface area contributed by atoms with Crippen LogP contribution in [-0.4, -0.2) is 80.0 Å². The smallest absolute Gasteiger partial charge is 0.246 e. The third kappa shape index (κ3) is 5.25. The van der Waals surface area contributed by atoms with Crippen LogP contribution in [0.1, 0.15) is 24.8 Å². The fourth-order valence-corrected chi connectivity index (χ4v) is 4.52. The van der Waals surface area contributed by atoms with Crippen molar-refractivity contribution in [1.29, 1.82) is 0 Å². The zero-order valence-corrected chi connectivity index (χ0v) is 17.1. The Bertz CT molecular complexity index is 681. The Kier molecular flexibility index (Phi) is 6.98. The van der Waals surface area contributed by atoms with E-state index in [1.807, 2.05) is 29.2 Å². The van der Waals surface area contributed by atoms with Crippen LogP contribution < -0.4 is 0 Å². The lowest BCUT2D eigenvalue weighted by Crippen LogP contribution is -2.58. The van der Waals surface area contributed by atoms with Gasteiger partial charge in [0, 0.05) is 38.9 Å². The van der Waals surface area contributed by atoms with Gasteiger partial charge in [0.15, 0.2) is 0 Å². The molecule has 29 heavy (non-hydrogen) atoms. The van der Waals surface area contributed by atoms with Gasteiger partial charge in [-0.05, 0) is 24.8 Å². The van der Waals surface area contributed by atoms with Crippen LogP contribution in [0.15, 0.2) is 42.5 Å². The van der Waals surface area contributed by atoms with Gasteiger partial charge in [-0.25, -0.2) is 0 Å². The first-order valence-electron chi connectivity index (χ1n) is 10.8. The minimum Gasteiger partial charge on any atom is -0.379 e. The van der Waals surface area contributed by atoms with E-state index in [0.29, 0.717) is 19.7 Å². The van der Waals surface area contributed by atoms with Crippen molar-refractivity contribution in [3.63, 3.8) is 0 Å². The molecule has 1 spiro atoms. The van der Waals surface area contributed by atoms with Gasteiger partial charge >= 0.3 is 0 Å². The van der Waals surface area contributed by atoms with E-state index in [1.165, 1.54) is 5.56 Å². The highest BCUT2D eigenvalue weighted by atomic mass is 16.6. The highest BCUT2D eigenvalue weighted by molar-refractivity contribution is 5.87. The second-order valence-electron chi connectivity index (χ2n) is 8.17. The molecule has 1 amide bonds. The molecule has 1 aromatic carbocycles. The molecule has 1 aromatic rings. The van der Waals surface area contributed by atoms with Crippen molar-refractivity contribution in [2.45, 2.75) is 37.6 Å². The molecule has 2 atom stereocenters. The normalized spacial score (nSPS) is 28.4. The van der Waals surface area contributed by atoms with Crippen molar-refractivity contribution in [3.05, 3.63) is 48.0 Å². The average Bonchev–Trinajstić information content (AvgIpc) is 3.23. The third-order valence-electron chi connectivity index (χ3n) is 6.17. The van der Waals surface area contributed by atoms with E-state index < -0.39 is 0 Å². The summed E-state index contributed by atoms with van der Waals surface area (Å²) in [6.45, 7) is 6.88. The van der Waals surface area contributed by atoms with Crippen LogP contribution in [0.25, 0.3) is 0 Å². The first-order valence-corrected chi connectivity index (χ1v) is 10.8. The van der Waals surface area contributed by atoms with E-state index in [2.05, 4.69) is 17.0 Å². The van der Waals surface area contributed by atoms with Gasteiger partial charge in [-0.2, -0.15) is 0 Å². The molecule has 0 aromatic heterocycles. The first kappa shape index (κ1) is 20.5. The van der Waals surface area contributed by atoms with E-state index in [4.69, 9.17) is 14.2 Å². The van der Waals surface area contributed by atoms with E-state index in [0.717, 1.165) is 58.7 Å². The van der Waals surface area contributed by atoms with Gasteiger partial charge in [0.25, 0.3) is 0 Å². The number of carbonyl (C=O) groups excluding carboxylic acids is 1. The monoisotopic (exact) mass is 400 g/mol. The summed E-state index contributed by atoms with van der Waals surface area (Å²) in [6.07, 6.45) is 6.53. The topological polar surface area (TPSA) is 51.2 Å². The zero-order chi connectivity index (χ0) is 19.9. The largest absolute Gasteiger partial charge is 0.379 e. The third-order valence-corrected chi connectivity index (χ3v) is 6.17. The highest BCUT2D eigenvalue weighted by Gasteiger charge is 2.48. The van der Waals surface area contributed by atoms with Gasteiger partial charge in [0.2, 0.25) is 5.91 Å². The number of morpholine rings is 1. The lowest BCUT2D eigenvalue weighted by atomic mass is 9.86. The summed E-state index contributed by atoms with van der Waals surface area (Å²) < 4.78 is 17.9. The molecule has 6 heteroatoms. The minimum atomic E-state index is -0.360. The number of hydrogen-bond acceptors (Lipinski definition) is 5. The van der Waals surface area contributed by atoms with Crippen LogP contribution >= 0.6 is 0 Å². The molecule has 0 N–H and O–H groups in total. The summed E-state index contributed by atoms with van der Waals surface area (Å²) in [5, 5.41) is 0. The van der Waals surface area contributed by atoms with Crippen molar-refractivity contribution >= 4 is 5.91 Å². The molecule has 4 rings (SSSR count). The summed E-state index contributed by atoms with van der Waals surface area (Å²) in [4.78, 5) is 17.0. The Morgan fingerprint density at radius 1 is 1.17 bits per heavy atom. The average molecular weight is 401 g/mol. The molecule has 0 aliphatic carbocycles. The van der Waals surface area contributed by atoms with E-state index >= 15 is 0 Å². The lowest BCUT2D eigenvalue weighted by molar-refractivity contribution is -0.167. The Hall–Kier alpha value is -1.73.